The van der Waals surface area contributed by atoms with Crippen molar-refractivity contribution < 1.29 is 27.8 Å². The number of fused-ring (bicyclic) bond motifs is 3. The van der Waals surface area contributed by atoms with Crippen LogP contribution in [0.25, 0.3) is 32.9 Å². The lowest BCUT2D eigenvalue weighted by atomic mass is 9.95. The molecule has 0 aliphatic carbocycles. The molecule has 3 saturated heterocycles. The number of carbonyl (C=O) groups is 2. The van der Waals surface area contributed by atoms with Gasteiger partial charge in [-0.15, -0.1) is 0 Å². The third-order valence-electron chi connectivity index (χ3n) is 9.89. The van der Waals surface area contributed by atoms with E-state index in [1.165, 1.54) is 0 Å². The molecule has 2 aromatic carbocycles. The number of likely N-dealkylation sites (tertiary alicyclic amines) is 1. The molecule has 0 saturated carbocycles. The number of benzene rings is 2. The molecule has 3 atom stereocenters. The Morgan fingerprint density at radius 2 is 1.94 bits per heavy atom. The first kappa shape index (κ1) is 32.1. The van der Waals surface area contributed by atoms with E-state index in [-0.39, 0.29) is 36.0 Å². The van der Waals surface area contributed by atoms with E-state index in [2.05, 4.69) is 14.9 Å². The van der Waals surface area contributed by atoms with Gasteiger partial charge in [0.1, 0.15) is 35.4 Å². The molecule has 7 rings (SSSR count). The SMILES string of the molecule is CN(c1nc(OC[C@@]23CCCN2C[C@H](F)C3)nc2c(F)c(-c3cccc4cccc(C=O)c34)ncc12)[C@@H]1CCN(C(=O)OC(C)(C)C)C1. The molecule has 5 heterocycles. The molecule has 0 N–H and O–H groups in total. The third kappa shape index (κ3) is 5.80. The topological polar surface area (TPSA) is 101 Å². The fourth-order valence-electron chi connectivity index (χ4n) is 7.58. The molecule has 12 heteroatoms. The summed E-state index contributed by atoms with van der Waals surface area (Å²) in [7, 11) is 1.85. The number of amides is 1. The molecule has 3 aliphatic heterocycles. The largest absolute Gasteiger partial charge is 0.461 e. The van der Waals surface area contributed by atoms with E-state index in [1.807, 2.05) is 44.9 Å². The number of likely N-dealkylation sites (N-methyl/N-ethyl adjacent to an activating group) is 1. The first-order valence-electron chi connectivity index (χ1n) is 16.5. The quantitative estimate of drug-likeness (QED) is 0.215. The highest BCUT2D eigenvalue weighted by Gasteiger charge is 2.49. The summed E-state index contributed by atoms with van der Waals surface area (Å²) in [6, 6.07) is 10.6. The molecular formula is C36H40F2N6O4. The fraction of sp³-hybridized carbons (Fsp3) is 0.472. The average Bonchev–Trinajstić information content (AvgIpc) is 3.77. The lowest BCUT2D eigenvalue weighted by Gasteiger charge is -2.31. The molecule has 3 aliphatic rings. The highest BCUT2D eigenvalue weighted by molar-refractivity contribution is 6.07. The van der Waals surface area contributed by atoms with Crippen LogP contribution in [0.3, 0.4) is 0 Å². The van der Waals surface area contributed by atoms with Crippen LogP contribution >= 0.6 is 0 Å². The van der Waals surface area contributed by atoms with Crippen molar-refractivity contribution in [3.8, 4) is 17.3 Å². The van der Waals surface area contributed by atoms with Crippen LogP contribution in [0, 0.1) is 5.82 Å². The molecule has 0 spiro atoms. The van der Waals surface area contributed by atoms with E-state index in [0.717, 1.165) is 31.1 Å². The molecule has 252 valence electrons. The summed E-state index contributed by atoms with van der Waals surface area (Å²) in [4.78, 5) is 44.5. The lowest BCUT2D eigenvalue weighted by Crippen LogP contribution is -2.43. The summed E-state index contributed by atoms with van der Waals surface area (Å²) in [6.07, 6.45) is 3.77. The van der Waals surface area contributed by atoms with E-state index in [1.54, 1.807) is 35.4 Å². The second kappa shape index (κ2) is 12.2. The van der Waals surface area contributed by atoms with E-state index in [4.69, 9.17) is 14.5 Å². The average molecular weight is 659 g/mol. The van der Waals surface area contributed by atoms with Gasteiger partial charge in [0.2, 0.25) is 0 Å². The lowest BCUT2D eigenvalue weighted by molar-refractivity contribution is 0.0292. The Kier molecular flexibility index (Phi) is 8.17. The second-order valence-electron chi connectivity index (χ2n) is 14.2. The number of rotatable bonds is 7. The monoisotopic (exact) mass is 658 g/mol. The predicted octanol–water partition coefficient (Wildman–Crippen LogP) is 6.20. The van der Waals surface area contributed by atoms with E-state index in [9.17, 15) is 14.0 Å². The zero-order valence-electron chi connectivity index (χ0n) is 27.7. The zero-order valence-corrected chi connectivity index (χ0v) is 27.7. The Balaban J connectivity index is 1.29. The third-order valence-corrected chi connectivity index (χ3v) is 9.89. The number of pyridine rings is 1. The Morgan fingerprint density at radius 3 is 2.71 bits per heavy atom. The minimum atomic E-state index is -0.925. The van der Waals surface area contributed by atoms with Gasteiger partial charge in [0.25, 0.3) is 0 Å². The van der Waals surface area contributed by atoms with Crippen LogP contribution in [-0.2, 0) is 4.74 Å². The summed E-state index contributed by atoms with van der Waals surface area (Å²) in [5, 5.41) is 1.76. The van der Waals surface area contributed by atoms with Crippen LogP contribution in [-0.4, -0.2) is 100 Å². The highest BCUT2D eigenvalue weighted by Crippen LogP contribution is 2.41. The van der Waals surface area contributed by atoms with Crippen LogP contribution in [0.2, 0.25) is 0 Å². The van der Waals surface area contributed by atoms with Crippen molar-refractivity contribution in [2.24, 2.45) is 0 Å². The number of aromatic nitrogens is 3. The second-order valence-corrected chi connectivity index (χ2v) is 14.2. The highest BCUT2D eigenvalue weighted by atomic mass is 19.1. The standard InChI is InChI=1S/C36H40F2N6O4/c1-35(2,3)48-34(46)43-15-12-25(19-43)42(4)32-27-17-39-30(26-11-6-9-22-8-5-10-23(20-45)28(22)26)29(38)31(27)40-33(41-32)47-21-36-13-7-14-44(36)18-24(37)16-36/h5-6,8-11,17,20,24-25H,7,12-16,18-19,21H2,1-4H3/t24-,25-,36+/m1/s1. The first-order chi connectivity index (χ1) is 23.0. The first-order valence-corrected chi connectivity index (χ1v) is 16.5. The number of halogens is 2. The van der Waals surface area contributed by atoms with Gasteiger partial charge < -0.3 is 19.3 Å². The summed E-state index contributed by atoms with van der Waals surface area (Å²) in [6.45, 7) is 7.75. The molecular weight excluding hydrogens is 618 g/mol. The molecule has 0 bridgehead atoms. The van der Waals surface area contributed by atoms with Crippen LogP contribution in [0.5, 0.6) is 6.01 Å². The molecule has 10 nitrogen and oxygen atoms in total. The number of ether oxygens (including phenoxy) is 2. The number of anilines is 1. The minimum absolute atomic E-state index is 0.0163. The normalized spacial score (nSPS) is 22.8. The number of hydrogen-bond donors (Lipinski definition) is 0. The molecule has 0 unspecified atom stereocenters. The van der Waals surface area contributed by atoms with Gasteiger partial charge in [0, 0.05) is 61.9 Å². The molecule has 4 aromatic rings. The molecule has 3 fully saturated rings. The van der Waals surface area contributed by atoms with Crippen LogP contribution in [0.1, 0.15) is 56.8 Å². The summed E-state index contributed by atoms with van der Waals surface area (Å²) in [5.74, 6) is -0.263. The van der Waals surface area contributed by atoms with E-state index < -0.39 is 23.1 Å². The number of nitrogens with zero attached hydrogens (tertiary/aromatic N) is 6. The molecule has 1 amide bonds. The molecule has 2 aromatic heterocycles. The Morgan fingerprint density at radius 1 is 1.15 bits per heavy atom. The Hall–Kier alpha value is -4.45. The van der Waals surface area contributed by atoms with Crippen LogP contribution in [0.15, 0.2) is 42.6 Å². The summed E-state index contributed by atoms with van der Waals surface area (Å²) >= 11 is 0. The van der Waals surface area contributed by atoms with Crippen molar-refractivity contribution in [3.63, 3.8) is 0 Å². The van der Waals surface area contributed by atoms with Crippen LogP contribution < -0.4 is 9.64 Å². The summed E-state index contributed by atoms with van der Waals surface area (Å²) < 4.78 is 43.2. The Bertz CT molecular complexity index is 1900. The number of carbonyl (C=O) groups excluding carboxylic acids is 2. The van der Waals surface area contributed by atoms with Crippen LogP contribution in [0.4, 0.5) is 19.4 Å². The maximum Gasteiger partial charge on any atom is 0.410 e. The number of aldehydes is 1. The van der Waals surface area contributed by atoms with Gasteiger partial charge in [-0.05, 0) is 52.0 Å². The molecule has 0 radical (unpaired) electrons. The van der Waals surface area contributed by atoms with Crippen molar-refractivity contribution in [1.82, 2.24) is 24.8 Å². The molecule has 48 heavy (non-hydrogen) atoms. The minimum Gasteiger partial charge on any atom is -0.461 e. The van der Waals surface area contributed by atoms with Crippen molar-refractivity contribution >= 4 is 39.9 Å². The van der Waals surface area contributed by atoms with E-state index in [0.29, 0.717) is 60.2 Å². The predicted molar refractivity (Wildman–Crippen MR) is 179 cm³/mol. The van der Waals surface area contributed by atoms with Gasteiger partial charge in [0.15, 0.2) is 12.1 Å². The van der Waals surface area contributed by atoms with Gasteiger partial charge in [-0.2, -0.15) is 9.97 Å². The van der Waals surface area contributed by atoms with Gasteiger partial charge in [-0.25, -0.2) is 13.6 Å². The van der Waals surface area contributed by atoms with Gasteiger partial charge in [0.05, 0.1) is 10.9 Å². The maximum absolute atomic E-state index is 16.8. The van der Waals surface area contributed by atoms with Gasteiger partial charge in [-0.1, -0.05) is 36.4 Å². The van der Waals surface area contributed by atoms with Gasteiger partial charge in [-0.3, -0.25) is 14.7 Å². The number of hydrogen-bond acceptors (Lipinski definition) is 9. The summed E-state index contributed by atoms with van der Waals surface area (Å²) in [5.41, 5.74) is -0.104. The van der Waals surface area contributed by atoms with E-state index >= 15 is 4.39 Å². The zero-order chi connectivity index (χ0) is 33.8. The fourth-order valence-corrected chi connectivity index (χ4v) is 7.58. The maximum atomic E-state index is 16.8. The van der Waals surface area contributed by atoms with Crippen molar-refractivity contribution in [2.75, 3.05) is 44.7 Å². The van der Waals surface area contributed by atoms with Crippen molar-refractivity contribution in [1.29, 1.82) is 0 Å². The smallest absolute Gasteiger partial charge is 0.410 e. The van der Waals surface area contributed by atoms with Gasteiger partial charge >= 0.3 is 12.1 Å². The number of alkyl halides is 1. The Labute approximate surface area is 278 Å². The van der Waals surface area contributed by atoms with Crippen molar-refractivity contribution in [2.45, 2.75) is 69.8 Å². The van der Waals surface area contributed by atoms with Crippen molar-refractivity contribution in [3.05, 3.63) is 54.0 Å².